The van der Waals surface area contributed by atoms with Crippen molar-refractivity contribution in [2.45, 2.75) is 0 Å². The van der Waals surface area contributed by atoms with Gasteiger partial charge in [-0.3, -0.25) is 0 Å². The van der Waals surface area contributed by atoms with Crippen LogP contribution < -0.4 is 4.74 Å². The predicted molar refractivity (Wildman–Crippen MR) is 39.2 cm³/mol. The van der Waals surface area contributed by atoms with Crippen molar-refractivity contribution in [2.24, 2.45) is 4.99 Å². The molecule has 0 aliphatic carbocycles. The summed E-state index contributed by atoms with van der Waals surface area (Å²) < 4.78 is 4.65. The monoisotopic (exact) mass is 186 g/mol. The lowest BCUT2D eigenvalue weighted by Crippen LogP contribution is -1.94. The molecule has 1 heterocycles. The zero-order chi connectivity index (χ0) is 8.97. The molecule has 0 spiro atoms. The lowest BCUT2D eigenvalue weighted by molar-refractivity contribution is 0.378. The summed E-state index contributed by atoms with van der Waals surface area (Å²) in [5, 5.41) is -0.0872. The number of aliphatic imine (C=N–C) groups is 1. The van der Waals surface area contributed by atoms with Gasteiger partial charge in [-0.2, -0.15) is 15.0 Å². The van der Waals surface area contributed by atoms with Crippen LogP contribution in [0.4, 0.5) is 5.95 Å². The van der Waals surface area contributed by atoms with Crippen molar-refractivity contribution in [1.29, 1.82) is 0 Å². The molecule has 0 fully saturated rings. The largest absolute Gasteiger partial charge is 0.467 e. The zero-order valence-electron chi connectivity index (χ0n) is 5.98. The van der Waals surface area contributed by atoms with Gasteiger partial charge in [-0.15, -0.1) is 4.99 Å². The van der Waals surface area contributed by atoms with E-state index in [9.17, 15) is 4.79 Å². The van der Waals surface area contributed by atoms with Gasteiger partial charge in [0.15, 0.2) is 0 Å². The van der Waals surface area contributed by atoms with Gasteiger partial charge >= 0.3 is 6.01 Å². The number of aromatic nitrogens is 3. The van der Waals surface area contributed by atoms with Crippen molar-refractivity contribution < 1.29 is 9.53 Å². The van der Waals surface area contributed by atoms with E-state index in [0.29, 0.717) is 0 Å². The minimum atomic E-state index is -0.123. The standard InChI is InChI=1S/C5H3ClN4O2/c1-12-5-9-3(6)8-4(10-5)7-2-11/h1H3. The average Bonchev–Trinajstić information content (AvgIpc) is 2.04. The molecule has 0 aromatic carbocycles. The molecule has 0 radical (unpaired) electrons. The summed E-state index contributed by atoms with van der Waals surface area (Å²) in [6.45, 7) is 0. The second kappa shape index (κ2) is 3.75. The molecule has 0 bridgehead atoms. The van der Waals surface area contributed by atoms with Crippen LogP contribution in [0, 0.1) is 0 Å². The van der Waals surface area contributed by atoms with Gasteiger partial charge in [-0.25, -0.2) is 4.79 Å². The molecule has 1 rings (SSSR count). The molecule has 7 heteroatoms. The van der Waals surface area contributed by atoms with Gasteiger partial charge in [0.2, 0.25) is 11.4 Å². The second-order valence-corrected chi connectivity index (χ2v) is 1.93. The van der Waals surface area contributed by atoms with Crippen LogP contribution in [0.1, 0.15) is 0 Å². The third-order valence-electron chi connectivity index (χ3n) is 0.904. The molecule has 0 amide bonds. The highest BCUT2D eigenvalue weighted by Crippen LogP contribution is 2.11. The van der Waals surface area contributed by atoms with Gasteiger partial charge in [-0.05, 0) is 11.6 Å². The summed E-state index contributed by atoms with van der Waals surface area (Å²) in [5.74, 6) is -0.123. The highest BCUT2D eigenvalue weighted by Gasteiger charge is 2.02. The Hall–Kier alpha value is -1.52. The third-order valence-corrected chi connectivity index (χ3v) is 1.07. The SMILES string of the molecule is COc1nc(Cl)nc(N=C=O)n1. The molecule has 6 nitrogen and oxygen atoms in total. The number of halogens is 1. The maximum atomic E-state index is 9.81. The van der Waals surface area contributed by atoms with E-state index in [1.54, 1.807) is 0 Å². The van der Waals surface area contributed by atoms with E-state index >= 15 is 0 Å². The number of hydrogen-bond acceptors (Lipinski definition) is 6. The van der Waals surface area contributed by atoms with Crippen LogP contribution in [0.25, 0.3) is 0 Å². The molecular formula is C5H3ClN4O2. The number of isocyanates is 1. The van der Waals surface area contributed by atoms with Crippen molar-refractivity contribution in [2.75, 3.05) is 7.11 Å². The minimum absolute atomic E-state index is 0.00370. The van der Waals surface area contributed by atoms with Crippen LogP contribution in [-0.4, -0.2) is 28.1 Å². The Labute approximate surface area is 72.3 Å². The summed E-state index contributed by atoms with van der Waals surface area (Å²) in [6.07, 6.45) is 1.27. The molecule has 0 saturated carbocycles. The van der Waals surface area contributed by atoms with E-state index < -0.39 is 0 Å². The molecule has 0 aliphatic heterocycles. The summed E-state index contributed by atoms with van der Waals surface area (Å²) in [6, 6.07) is 0.00370. The molecule has 0 atom stereocenters. The summed E-state index contributed by atoms with van der Waals surface area (Å²) >= 11 is 5.43. The first-order valence-electron chi connectivity index (χ1n) is 2.79. The quantitative estimate of drug-likeness (QED) is 0.497. The van der Waals surface area contributed by atoms with E-state index in [2.05, 4.69) is 24.7 Å². The maximum absolute atomic E-state index is 9.81. The molecule has 0 N–H and O–H groups in total. The number of rotatable bonds is 2. The predicted octanol–water partition coefficient (Wildman–Crippen LogP) is 0.501. The fraction of sp³-hybridized carbons (Fsp3) is 0.200. The molecule has 1 aromatic rings. The normalized spacial score (nSPS) is 8.83. The van der Waals surface area contributed by atoms with Gasteiger partial charge in [0, 0.05) is 0 Å². The Morgan fingerprint density at radius 2 is 2.25 bits per heavy atom. The first-order valence-corrected chi connectivity index (χ1v) is 3.17. The fourth-order valence-electron chi connectivity index (χ4n) is 0.504. The number of methoxy groups -OCH3 is 1. The number of nitrogens with zero attached hydrogens (tertiary/aromatic N) is 4. The smallest absolute Gasteiger partial charge is 0.322 e. The van der Waals surface area contributed by atoms with Crippen LogP contribution in [0.3, 0.4) is 0 Å². The first kappa shape index (κ1) is 8.58. The van der Waals surface area contributed by atoms with Gasteiger partial charge in [0.25, 0.3) is 5.95 Å². The molecule has 0 unspecified atom stereocenters. The van der Waals surface area contributed by atoms with E-state index in [1.807, 2.05) is 0 Å². The lowest BCUT2D eigenvalue weighted by atomic mass is 10.9. The van der Waals surface area contributed by atoms with E-state index in [0.717, 1.165) is 0 Å². The zero-order valence-corrected chi connectivity index (χ0v) is 6.74. The molecule has 62 valence electrons. The van der Waals surface area contributed by atoms with Gasteiger partial charge < -0.3 is 4.74 Å². The van der Waals surface area contributed by atoms with Crippen molar-refractivity contribution in [3.63, 3.8) is 0 Å². The third kappa shape index (κ3) is 1.98. The Balaban J connectivity index is 3.14. The molecule has 0 saturated heterocycles. The minimum Gasteiger partial charge on any atom is -0.467 e. The van der Waals surface area contributed by atoms with Gasteiger partial charge in [0.1, 0.15) is 0 Å². The van der Waals surface area contributed by atoms with Crippen LogP contribution in [0.5, 0.6) is 6.01 Å². The lowest BCUT2D eigenvalue weighted by Gasteiger charge is -1.96. The van der Waals surface area contributed by atoms with E-state index in [1.165, 1.54) is 13.2 Å². The van der Waals surface area contributed by atoms with E-state index in [4.69, 9.17) is 11.6 Å². The molecule has 0 aliphatic rings. The van der Waals surface area contributed by atoms with Crippen molar-refractivity contribution in [3.05, 3.63) is 5.28 Å². The summed E-state index contributed by atoms with van der Waals surface area (Å²) in [5.41, 5.74) is 0. The Bertz CT molecular complexity index is 336. The topological polar surface area (TPSA) is 77.3 Å². The van der Waals surface area contributed by atoms with Gasteiger partial charge in [-0.1, -0.05) is 0 Å². The number of ether oxygens (including phenoxy) is 1. The first-order chi connectivity index (χ1) is 5.76. The maximum Gasteiger partial charge on any atom is 0.322 e. The Kier molecular flexibility index (Phi) is 2.68. The van der Waals surface area contributed by atoms with Crippen molar-refractivity contribution in [1.82, 2.24) is 15.0 Å². The van der Waals surface area contributed by atoms with Crippen molar-refractivity contribution >= 4 is 23.6 Å². The highest BCUT2D eigenvalue weighted by molar-refractivity contribution is 6.28. The van der Waals surface area contributed by atoms with Crippen LogP contribution in [0.15, 0.2) is 4.99 Å². The van der Waals surface area contributed by atoms with Gasteiger partial charge in [0.05, 0.1) is 7.11 Å². The second-order valence-electron chi connectivity index (χ2n) is 1.59. The Morgan fingerprint density at radius 1 is 1.50 bits per heavy atom. The summed E-state index contributed by atoms with van der Waals surface area (Å²) in [4.78, 5) is 23.6. The molecule has 1 aromatic heterocycles. The van der Waals surface area contributed by atoms with Crippen LogP contribution in [0.2, 0.25) is 5.28 Å². The van der Waals surface area contributed by atoms with Crippen molar-refractivity contribution in [3.8, 4) is 6.01 Å². The van der Waals surface area contributed by atoms with E-state index in [-0.39, 0.29) is 17.2 Å². The fourth-order valence-corrected chi connectivity index (χ4v) is 0.652. The summed E-state index contributed by atoms with van der Waals surface area (Å²) in [7, 11) is 1.36. The average molecular weight is 187 g/mol. The van der Waals surface area contributed by atoms with Crippen LogP contribution >= 0.6 is 11.6 Å². The molecule has 12 heavy (non-hydrogen) atoms. The Morgan fingerprint density at radius 3 is 2.83 bits per heavy atom. The number of hydrogen-bond donors (Lipinski definition) is 0. The highest BCUT2D eigenvalue weighted by atomic mass is 35.5. The number of carbonyl (C=O) groups excluding carboxylic acids is 1. The molecular weight excluding hydrogens is 184 g/mol. The van der Waals surface area contributed by atoms with Crippen LogP contribution in [-0.2, 0) is 4.79 Å².